The van der Waals surface area contributed by atoms with Crippen LogP contribution in [0.1, 0.15) is 26.7 Å². The first-order valence-electron chi connectivity index (χ1n) is 10.5. The first kappa shape index (κ1) is 24.5. The molecule has 2 aromatic carbocycles. The van der Waals surface area contributed by atoms with Crippen molar-refractivity contribution in [3.63, 3.8) is 0 Å². The van der Waals surface area contributed by atoms with Crippen LogP contribution in [0.5, 0.6) is 0 Å². The van der Waals surface area contributed by atoms with Gasteiger partial charge in [-0.1, -0.05) is 52.7 Å². The van der Waals surface area contributed by atoms with Gasteiger partial charge in [-0.15, -0.1) is 11.8 Å². The Hall–Kier alpha value is -1.12. The highest BCUT2D eigenvalue weighted by Crippen LogP contribution is 2.31. The topological polar surface area (TPSA) is 36.4 Å². The number of hydrogen-bond donors (Lipinski definition) is 0. The Balaban J connectivity index is 1.65. The molecule has 3 aromatic rings. The van der Waals surface area contributed by atoms with Crippen molar-refractivity contribution in [2.45, 2.75) is 31.6 Å². The number of halogens is 2. The van der Waals surface area contributed by atoms with Crippen molar-refractivity contribution in [2.75, 3.05) is 36.8 Å². The highest BCUT2D eigenvalue weighted by Gasteiger charge is 2.20. The predicted molar refractivity (Wildman–Crippen MR) is 139 cm³/mol. The summed E-state index contributed by atoms with van der Waals surface area (Å²) in [6.07, 6.45) is 1.34. The summed E-state index contributed by atoms with van der Waals surface area (Å²) >= 11 is 12.8. The van der Waals surface area contributed by atoms with Crippen LogP contribution in [-0.2, 0) is 4.79 Å². The van der Waals surface area contributed by atoms with Crippen molar-refractivity contribution < 1.29 is 4.79 Å². The van der Waals surface area contributed by atoms with Crippen molar-refractivity contribution in [1.82, 2.24) is 9.88 Å². The number of likely N-dealkylation sites (N-methyl/N-ethyl adjacent to an activating group) is 1. The van der Waals surface area contributed by atoms with Gasteiger partial charge < -0.3 is 4.90 Å². The summed E-state index contributed by atoms with van der Waals surface area (Å²) < 4.78 is 2.11. The maximum absolute atomic E-state index is 13.2. The van der Waals surface area contributed by atoms with E-state index in [1.54, 1.807) is 23.1 Å². The Morgan fingerprint density at radius 3 is 2.58 bits per heavy atom. The van der Waals surface area contributed by atoms with Crippen LogP contribution in [-0.4, -0.2) is 47.7 Å². The number of aromatic nitrogens is 1. The van der Waals surface area contributed by atoms with Crippen LogP contribution in [0, 0.1) is 0 Å². The summed E-state index contributed by atoms with van der Waals surface area (Å²) in [7, 11) is 0. The molecule has 0 saturated heterocycles. The minimum atomic E-state index is 0.141. The summed E-state index contributed by atoms with van der Waals surface area (Å²) in [6, 6.07) is 13.9. The van der Waals surface area contributed by atoms with Crippen molar-refractivity contribution in [3.8, 4) is 0 Å². The SMILES string of the molecule is CCN(CC)CCN(C(=O)CCCSc1ccc(Cl)cc1)c1nc2ccc(Br)cc2s1. The van der Waals surface area contributed by atoms with Crippen molar-refractivity contribution in [2.24, 2.45) is 0 Å². The van der Waals surface area contributed by atoms with Gasteiger partial charge in [-0.25, -0.2) is 4.98 Å². The standard InChI is InChI=1S/C23H27BrClN3OS2/c1-3-27(4-2)13-14-28(23-26-20-12-7-17(24)16-21(20)31-23)22(29)6-5-15-30-19-10-8-18(25)9-11-19/h7-12,16H,3-6,13-15H2,1-2H3. The highest BCUT2D eigenvalue weighted by molar-refractivity contribution is 9.10. The number of hydrogen-bond acceptors (Lipinski definition) is 5. The number of amides is 1. The number of benzene rings is 2. The first-order chi connectivity index (χ1) is 15.0. The van der Waals surface area contributed by atoms with Gasteiger partial charge in [0.25, 0.3) is 0 Å². The number of rotatable bonds is 11. The number of nitrogens with zero attached hydrogens (tertiary/aromatic N) is 3. The van der Waals surface area contributed by atoms with E-state index in [2.05, 4.69) is 40.7 Å². The number of thioether (sulfide) groups is 1. The van der Waals surface area contributed by atoms with Gasteiger partial charge in [0, 0.05) is 33.9 Å². The third-order valence-corrected chi connectivity index (χ3v) is 7.91. The molecule has 1 aromatic heterocycles. The molecule has 8 heteroatoms. The second-order valence-electron chi connectivity index (χ2n) is 7.09. The Labute approximate surface area is 206 Å². The quantitative estimate of drug-likeness (QED) is 0.195. The fraction of sp³-hybridized carbons (Fsp3) is 0.391. The number of carbonyl (C=O) groups excluding carboxylic acids is 1. The zero-order valence-electron chi connectivity index (χ0n) is 17.8. The molecule has 3 rings (SSSR count). The Morgan fingerprint density at radius 2 is 1.87 bits per heavy atom. The molecular formula is C23H27BrClN3OS2. The molecule has 0 N–H and O–H groups in total. The molecule has 0 unspecified atom stereocenters. The second-order valence-corrected chi connectivity index (χ2v) is 10.6. The lowest BCUT2D eigenvalue weighted by atomic mass is 10.3. The molecule has 0 radical (unpaired) electrons. The van der Waals surface area contributed by atoms with Gasteiger partial charge in [0.15, 0.2) is 5.13 Å². The molecule has 0 aliphatic heterocycles. The van der Waals surface area contributed by atoms with E-state index in [4.69, 9.17) is 16.6 Å². The van der Waals surface area contributed by atoms with E-state index < -0.39 is 0 Å². The van der Waals surface area contributed by atoms with Gasteiger partial charge in [0.1, 0.15) is 0 Å². The number of carbonyl (C=O) groups is 1. The van der Waals surface area contributed by atoms with E-state index in [-0.39, 0.29) is 5.91 Å². The molecule has 0 aliphatic carbocycles. The summed E-state index contributed by atoms with van der Waals surface area (Å²) in [6.45, 7) is 7.76. The van der Waals surface area contributed by atoms with Crippen LogP contribution in [0.2, 0.25) is 5.02 Å². The fourth-order valence-electron chi connectivity index (χ4n) is 3.19. The highest BCUT2D eigenvalue weighted by atomic mass is 79.9. The molecule has 0 fully saturated rings. The van der Waals surface area contributed by atoms with Gasteiger partial charge in [-0.05, 0) is 67.7 Å². The molecule has 166 valence electrons. The van der Waals surface area contributed by atoms with E-state index >= 15 is 0 Å². The number of anilines is 1. The summed E-state index contributed by atoms with van der Waals surface area (Å²) in [5, 5.41) is 1.53. The van der Waals surface area contributed by atoms with Gasteiger partial charge in [0.05, 0.1) is 10.2 Å². The van der Waals surface area contributed by atoms with E-state index in [1.807, 2.05) is 41.3 Å². The fourth-order valence-corrected chi connectivity index (χ4v) is 5.73. The Bertz CT molecular complexity index is 992. The van der Waals surface area contributed by atoms with Gasteiger partial charge in [-0.2, -0.15) is 0 Å². The average Bonchev–Trinajstić information content (AvgIpc) is 3.18. The molecule has 4 nitrogen and oxygen atoms in total. The normalized spacial score (nSPS) is 11.4. The molecule has 0 atom stereocenters. The summed E-state index contributed by atoms with van der Waals surface area (Å²) in [5.41, 5.74) is 0.933. The van der Waals surface area contributed by atoms with Crippen LogP contribution >= 0.6 is 50.6 Å². The van der Waals surface area contributed by atoms with Crippen molar-refractivity contribution >= 4 is 71.9 Å². The van der Waals surface area contributed by atoms with Crippen LogP contribution in [0.4, 0.5) is 5.13 Å². The molecule has 0 spiro atoms. The molecule has 1 amide bonds. The minimum Gasteiger partial charge on any atom is -0.302 e. The Morgan fingerprint density at radius 1 is 1.13 bits per heavy atom. The molecule has 0 bridgehead atoms. The molecule has 0 saturated carbocycles. The smallest absolute Gasteiger partial charge is 0.228 e. The van der Waals surface area contributed by atoms with Crippen LogP contribution in [0.3, 0.4) is 0 Å². The lowest BCUT2D eigenvalue weighted by molar-refractivity contribution is -0.118. The van der Waals surface area contributed by atoms with E-state index in [0.29, 0.717) is 13.0 Å². The number of thiazole rings is 1. The molecule has 31 heavy (non-hydrogen) atoms. The second kappa shape index (κ2) is 12.2. The zero-order valence-corrected chi connectivity index (χ0v) is 21.8. The maximum Gasteiger partial charge on any atom is 0.228 e. The maximum atomic E-state index is 13.2. The minimum absolute atomic E-state index is 0.141. The predicted octanol–water partition coefficient (Wildman–Crippen LogP) is 6.96. The largest absolute Gasteiger partial charge is 0.302 e. The average molecular weight is 541 g/mol. The third-order valence-electron chi connectivity index (χ3n) is 5.02. The first-order valence-corrected chi connectivity index (χ1v) is 13.4. The molecule has 1 heterocycles. The number of fused-ring (bicyclic) bond motifs is 1. The summed E-state index contributed by atoms with van der Waals surface area (Å²) in [4.78, 5) is 23.3. The summed E-state index contributed by atoms with van der Waals surface area (Å²) in [5.74, 6) is 1.03. The van der Waals surface area contributed by atoms with E-state index in [9.17, 15) is 4.79 Å². The molecule has 0 aliphatic rings. The van der Waals surface area contributed by atoms with E-state index in [0.717, 1.165) is 56.7 Å². The Kier molecular flexibility index (Phi) is 9.66. The van der Waals surface area contributed by atoms with Gasteiger partial charge in [0.2, 0.25) is 5.91 Å². The zero-order chi connectivity index (χ0) is 22.2. The van der Waals surface area contributed by atoms with Gasteiger partial charge >= 0.3 is 0 Å². The molecular weight excluding hydrogens is 514 g/mol. The third kappa shape index (κ3) is 7.19. The van der Waals surface area contributed by atoms with E-state index in [1.165, 1.54) is 4.90 Å². The lowest BCUT2D eigenvalue weighted by Gasteiger charge is -2.24. The van der Waals surface area contributed by atoms with Crippen LogP contribution in [0.15, 0.2) is 51.8 Å². The van der Waals surface area contributed by atoms with Crippen LogP contribution in [0.25, 0.3) is 10.2 Å². The van der Waals surface area contributed by atoms with Crippen molar-refractivity contribution in [3.05, 3.63) is 52.0 Å². The van der Waals surface area contributed by atoms with Crippen molar-refractivity contribution in [1.29, 1.82) is 0 Å². The lowest BCUT2D eigenvalue weighted by Crippen LogP contribution is -2.38. The van der Waals surface area contributed by atoms with Gasteiger partial charge in [-0.3, -0.25) is 9.69 Å². The monoisotopic (exact) mass is 539 g/mol. The van der Waals surface area contributed by atoms with Crippen LogP contribution < -0.4 is 4.90 Å².